The van der Waals surface area contributed by atoms with E-state index in [4.69, 9.17) is 11.6 Å². The van der Waals surface area contributed by atoms with Crippen molar-refractivity contribution in [3.05, 3.63) is 70.2 Å². The number of carbonyl (C=O) groups is 2. The van der Waals surface area contributed by atoms with Gasteiger partial charge in [-0.15, -0.1) is 11.8 Å². The minimum atomic E-state index is -0.0343. The second-order valence-corrected chi connectivity index (χ2v) is 7.22. The van der Waals surface area contributed by atoms with Crippen LogP contribution in [-0.4, -0.2) is 36.6 Å². The summed E-state index contributed by atoms with van der Waals surface area (Å²) >= 11 is 7.49. The Labute approximate surface area is 157 Å². The van der Waals surface area contributed by atoms with Crippen LogP contribution >= 0.6 is 23.4 Å². The summed E-state index contributed by atoms with van der Waals surface area (Å²) in [5.74, 6) is 1.09. The van der Waals surface area contributed by atoms with Crippen LogP contribution < -0.4 is 5.32 Å². The Morgan fingerprint density at radius 2 is 1.80 bits per heavy atom. The van der Waals surface area contributed by atoms with Crippen molar-refractivity contribution in [1.29, 1.82) is 0 Å². The zero-order chi connectivity index (χ0) is 18.2. The minimum absolute atomic E-state index is 0.0135. The molecule has 0 spiro atoms. The van der Waals surface area contributed by atoms with E-state index in [-0.39, 0.29) is 11.8 Å². The van der Waals surface area contributed by atoms with Gasteiger partial charge in [0.15, 0.2) is 0 Å². The summed E-state index contributed by atoms with van der Waals surface area (Å²) in [6, 6.07) is 14.9. The average Bonchev–Trinajstić information content (AvgIpc) is 2.60. The third kappa shape index (κ3) is 6.44. The monoisotopic (exact) mass is 376 g/mol. The molecule has 0 aliphatic rings. The van der Waals surface area contributed by atoms with E-state index in [1.165, 1.54) is 4.90 Å². The molecule has 4 nitrogen and oxygen atoms in total. The van der Waals surface area contributed by atoms with Crippen LogP contribution in [0.2, 0.25) is 5.02 Å². The maximum absolute atomic E-state index is 11.9. The molecule has 0 aliphatic heterocycles. The number of rotatable bonds is 7. The molecule has 0 fully saturated rings. The summed E-state index contributed by atoms with van der Waals surface area (Å²) in [7, 11) is 3.44. The van der Waals surface area contributed by atoms with Crippen LogP contribution in [0.4, 0.5) is 0 Å². The maximum Gasteiger partial charge on any atom is 0.253 e. The van der Waals surface area contributed by atoms with Crippen LogP contribution in [0.3, 0.4) is 0 Å². The van der Waals surface area contributed by atoms with Crippen LogP contribution in [0.25, 0.3) is 0 Å². The molecule has 0 aromatic heterocycles. The normalized spacial score (nSPS) is 10.4. The number of hydrogen-bond acceptors (Lipinski definition) is 3. The topological polar surface area (TPSA) is 49.4 Å². The van der Waals surface area contributed by atoms with Crippen molar-refractivity contribution in [2.24, 2.45) is 0 Å². The summed E-state index contributed by atoms with van der Waals surface area (Å²) in [5.41, 5.74) is 2.70. The fraction of sp³-hybridized carbons (Fsp3) is 0.263. The number of benzene rings is 2. The predicted molar refractivity (Wildman–Crippen MR) is 104 cm³/mol. The van der Waals surface area contributed by atoms with Gasteiger partial charge < -0.3 is 10.2 Å². The van der Waals surface area contributed by atoms with Crippen molar-refractivity contribution >= 4 is 35.2 Å². The highest BCUT2D eigenvalue weighted by Gasteiger charge is 2.07. The second-order valence-electron chi connectivity index (χ2n) is 5.80. The van der Waals surface area contributed by atoms with Gasteiger partial charge in [0, 0.05) is 37.0 Å². The molecule has 0 atom stereocenters. The molecule has 132 valence electrons. The smallest absolute Gasteiger partial charge is 0.253 e. The molecular formula is C19H21ClN2O2S. The van der Waals surface area contributed by atoms with E-state index in [1.807, 2.05) is 36.4 Å². The molecule has 6 heteroatoms. The quantitative estimate of drug-likeness (QED) is 0.803. The molecule has 0 saturated heterocycles. The van der Waals surface area contributed by atoms with Gasteiger partial charge in [-0.3, -0.25) is 9.59 Å². The Morgan fingerprint density at radius 1 is 1.08 bits per heavy atom. The maximum atomic E-state index is 11.9. The zero-order valence-corrected chi connectivity index (χ0v) is 15.9. The first-order chi connectivity index (χ1) is 12.0. The second kappa shape index (κ2) is 9.49. The SMILES string of the molecule is CN(C)C(=O)c1ccc(CNC(=O)CSCc2cccc(Cl)c2)cc1. The van der Waals surface area contributed by atoms with E-state index >= 15 is 0 Å². The number of hydrogen-bond donors (Lipinski definition) is 1. The van der Waals surface area contributed by atoms with Crippen molar-refractivity contribution in [3.8, 4) is 0 Å². The molecule has 2 rings (SSSR count). The predicted octanol–water partition coefficient (Wildman–Crippen LogP) is 3.59. The first kappa shape index (κ1) is 19.3. The third-order valence-electron chi connectivity index (χ3n) is 3.49. The first-order valence-corrected chi connectivity index (χ1v) is 9.38. The van der Waals surface area contributed by atoms with E-state index in [0.29, 0.717) is 22.9 Å². The van der Waals surface area contributed by atoms with Gasteiger partial charge in [0.25, 0.3) is 5.91 Å². The fourth-order valence-corrected chi connectivity index (χ4v) is 3.18. The molecule has 0 saturated carbocycles. The molecule has 25 heavy (non-hydrogen) atoms. The lowest BCUT2D eigenvalue weighted by Crippen LogP contribution is -2.25. The summed E-state index contributed by atoms with van der Waals surface area (Å²) < 4.78 is 0. The summed E-state index contributed by atoms with van der Waals surface area (Å²) in [6.07, 6.45) is 0. The molecule has 0 unspecified atom stereocenters. The van der Waals surface area contributed by atoms with E-state index in [0.717, 1.165) is 16.9 Å². The molecular weight excluding hydrogens is 356 g/mol. The lowest BCUT2D eigenvalue weighted by molar-refractivity contribution is -0.118. The Morgan fingerprint density at radius 3 is 2.44 bits per heavy atom. The van der Waals surface area contributed by atoms with Gasteiger partial charge in [-0.1, -0.05) is 35.9 Å². The number of halogens is 1. The molecule has 0 radical (unpaired) electrons. The van der Waals surface area contributed by atoms with Crippen molar-refractivity contribution in [1.82, 2.24) is 10.2 Å². The zero-order valence-electron chi connectivity index (χ0n) is 14.3. The van der Waals surface area contributed by atoms with E-state index in [2.05, 4.69) is 5.32 Å². The number of amides is 2. The number of thioether (sulfide) groups is 1. The molecule has 0 heterocycles. The Kier molecular flexibility index (Phi) is 7.34. The highest BCUT2D eigenvalue weighted by molar-refractivity contribution is 7.99. The Balaban J connectivity index is 1.73. The minimum Gasteiger partial charge on any atom is -0.351 e. The van der Waals surface area contributed by atoms with E-state index < -0.39 is 0 Å². The average molecular weight is 377 g/mol. The number of nitrogens with one attached hydrogen (secondary N) is 1. The molecule has 2 aromatic rings. The summed E-state index contributed by atoms with van der Waals surface area (Å²) in [5, 5.41) is 3.59. The van der Waals surface area contributed by atoms with Gasteiger partial charge in [-0.25, -0.2) is 0 Å². The molecule has 0 bridgehead atoms. The van der Waals surface area contributed by atoms with Gasteiger partial charge in [0.1, 0.15) is 0 Å². The van der Waals surface area contributed by atoms with Gasteiger partial charge in [0.2, 0.25) is 5.91 Å². The lowest BCUT2D eigenvalue weighted by Gasteiger charge is -2.11. The molecule has 0 aliphatic carbocycles. The highest BCUT2D eigenvalue weighted by atomic mass is 35.5. The van der Waals surface area contributed by atoms with Crippen LogP contribution in [-0.2, 0) is 17.1 Å². The Bertz CT molecular complexity index is 732. The molecule has 2 amide bonds. The summed E-state index contributed by atoms with van der Waals surface area (Å²) in [6.45, 7) is 0.451. The van der Waals surface area contributed by atoms with Crippen molar-refractivity contribution in [2.75, 3.05) is 19.8 Å². The van der Waals surface area contributed by atoms with E-state index in [9.17, 15) is 9.59 Å². The van der Waals surface area contributed by atoms with Crippen LogP contribution in [0, 0.1) is 0 Å². The summed E-state index contributed by atoms with van der Waals surface area (Å²) in [4.78, 5) is 25.3. The van der Waals surface area contributed by atoms with Gasteiger partial charge in [0.05, 0.1) is 5.75 Å². The van der Waals surface area contributed by atoms with Crippen LogP contribution in [0.5, 0.6) is 0 Å². The lowest BCUT2D eigenvalue weighted by atomic mass is 10.1. The van der Waals surface area contributed by atoms with E-state index in [1.54, 1.807) is 38.0 Å². The third-order valence-corrected chi connectivity index (χ3v) is 4.73. The van der Waals surface area contributed by atoms with Crippen molar-refractivity contribution < 1.29 is 9.59 Å². The number of nitrogens with zero attached hydrogens (tertiary/aromatic N) is 1. The molecule has 2 aromatic carbocycles. The van der Waals surface area contributed by atoms with Gasteiger partial charge >= 0.3 is 0 Å². The standard InChI is InChI=1S/C19H21ClN2O2S/c1-22(2)19(24)16-8-6-14(7-9-16)11-21-18(23)13-25-12-15-4-3-5-17(20)10-15/h3-10H,11-13H2,1-2H3,(H,21,23). The van der Waals surface area contributed by atoms with Crippen molar-refractivity contribution in [2.45, 2.75) is 12.3 Å². The molecule has 1 N–H and O–H groups in total. The first-order valence-electron chi connectivity index (χ1n) is 7.85. The van der Waals surface area contributed by atoms with Gasteiger partial charge in [-0.05, 0) is 35.4 Å². The van der Waals surface area contributed by atoms with Gasteiger partial charge in [-0.2, -0.15) is 0 Å². The highest BCUT2D eigenvalue weighted by Crippen LogP contribution is 2.16. The van der Waals surface area contributed by atoms with Crippen LogP contribution in [0.15, 0.2) is 48.5 Å². The fourth-order valence-electron chi connectivity index (χ4n) is 2.16. The Hall–Kier alpha value is -1.98. The largest absolute Gasteiger partial charge is 0.351 e. The van der Waals surface area contributed by atoms with Crippen molar-refractivity contribution in [3.63, 3.8) is 0 Å². The number of carbonyl (C=O) groups excluding carboxylic acids is 2. The van der Waals surface area contributed by atoms with Crippen LogP contribution in [0.1, 0.15) is 21.5 Å².